The highest BCUT2D eigenvalue weighted by molar-refractivity contribution is 5.80. The minimum absolute atomic E-state index is 0.0671. The molecule has 0 unspecified atom stereocenters. The van der Waals surface area contributed by atoms with Crippen LogP contribution in [0.15, 0.2) is 0 Å². The molecule has 2 amide bonds. The Kier molecular flexibility index (Phi) is 5.56. The first-order valence-corrected chi connectivity index (χ1v) is 9.81. The van der Waals surface area contributed by atoms with Gasteiger partial charge < -0.3 is 19.4 Å². The minimum Gasteiger partial charge on any atom is -0.444 e. The minimum atomic E-state index is -0.491. The van der Waals surface area contributed by atoms with Crippen molar-refractivity contribution in [1.82, 2.24) is 14.7 Å². The quantitative estimate of drug-likeness (QED) is 0.782. The Morgan fingerprint density at radius 2 is 1.72 bits per heavy atom. The molecule has 0 aromatic heterocycles. The maximum atomic E-state index is 12.9. The number of nitrogens with zero attached hydrogens (tertiary/aromatic N) is 3. The summed E-state index contributed by atoms with van der Waals surface area (Å²) in [6.07, 6.45) is 4.26. The number of likely N-dealkylation sites (tertiary alicyclic amines) is 1. The molecule has 1 atom stereocenters. The van der Waals surface area contributed by atoms with Gasteiger partial charge in [-0.2, -0.15) is 0 Å². The zero-order valence-electron chi connectivity index (χ0n) is 16.0. The number of amides is 2. The van der Waals surface area contributed by atoms with Crippen LogP contribution in [0.25, 0.3) is 0 Å². The number of carbonyl (C=O) groups is 2. The molecule has 0 N–H and O–H groups in total. The van der Waals surface area contributed by atoms with Crippen LogP contribution in [0.4, 0.5) is 4.79 Å². The second kappa shape index (κ2) is 7.52. The van der Waals surface area contributed by atoms with Crippen molar-refractivity contribution in [2.75, 3.05) is 45.8 Å². The van der Waals surface area contributed by atoms with Gasteiger partial charge in [0, 0.05) is 39.3 Å². The molecule has 0 aromatic carbocycles. The van der Waals surface area contributed by atoms with Crippen LogP contribution in [0.3, 0.4) is 0 Å². The summed E-state index contributed by atoms with van der Waals surface area (Å²) in [6.45, 7) is 11.7. The molecule has 142 valence electrons. The number of hydrogen-bond donors (Lipinski definition) is 0. The molecule has 6 nitrogen and oxygen atoms in total. The van der Waals surface area contributed by atoms with Gasteiger partial charge in [0.2, 0.25) is 5.91 Å². The lowest BCUT2D eigenvalue weighted by Gasteiger charge is -2.26. The van der Waals surface area contributed by atoms with Crippen LogP contribution in [0.2, 0.25) is 0 Å². The Balaban J connectivity index is 1.47. The molecular formula is C19H33N3O3. The van der Waals surface area contributed by atoms with Gasteiger partial charge in [0.15, 0.2) is 0 Å². The van der Waals surface area contributed by atoms with Crippen LogP contribution in [-0.4, -0.2) is 78.1 Å². The highest BCUT2D eigenvalue weighted by Gasteiger charge is 2.36. The molecule has 0 radical (unpaired) electrons. The molecule has 3 fully saturated rings. The third-order valence-corrected chi connectivity index (χ3v) is 5.30. The number of hydrogen-bond acceptors (Lipinski definition) is 4. The summed E-state index contributed by atoms with van der Waals surface area (Å²) < 4.78 is 5.43. The Labute approximate surface area is 151 Å². The molecule has 0 bridgehead atoms. The smallest absolute Gasteiger partial charge is 0.410 e. The zero-order valence-corrected chi connectivity index (χ0v) is 16.0. The maximum Gasteiger partial charge on any atom is 0.410 e. The molecule has 6 heteroatoms. The van der Waals surface area contributed by atoms with E-state index in [1.54, 1.807) is 4.90 Å². The van der Waals surface area contributed by atoms with Crippen molar-refractivity contribution in [3.63, 3.8) is 0 Å². The molecule has 0 aromatic rings. The molecule has 2 heterocycles. The lowest BCUT2D eigenvalue weighted by molar-refractivity contribution is -0.134. The fourth-order valence-corrected chi connectivity index (χ4v) is 3.75. The Morgan fingerprint density at radius 1 is 0.960 bits per heavy atom. The van der Waals surface area contributed by atoms with E-state index < -0.39 is 5.60 Å². The van der Waals surface area contributed by atoms with Crippen LogP contribution >= 0.6 is 0 Å². The van der Waals surface area contributed by atoms with Gasteiger partial charge in [0.05, 0.1) is 5.92 Å². The van der Waals surface area contributed by atoms with Crippen molar-refractivity contribution in [1.29, 1.82) is 0 Å². The summed E-state index contributed by atoms with van der Waals surface area (Å²) >= 11 is 0. The topological polar surface area (TPSA) is 53.1 Å². The third kappa shape index (κ3) is 5.33. The lowest BCUT2D eigenvalue weighted by atomic mass is 10.1. The molecule has 1 aliphatic carbocycles. The van der Waals surface area contributed by atoms with Gasteiger partial charge in [-0.3, -0.25) is 4.79 Å². The predicted octanol–water partition coefficient (Wildman–Crippen LogP) is 2.19. The van der Waals surface area contributed by atoms with Crippen molar-refractivity contribution in [3.05, 3.63) is 0 Å². The van der Waals surface area contributed by atoms with E-state index in [-0.39, 0.29) is 17.9 Å². The van der Waals surface area contributed by atoms with E-state index in [1.165, 1.54) is 19.4 Å². The van der Waals surface area contributed by atoms with Crippen LogP contribution in [0.5, 0.6) is 0 Å². The van der Waals surface area contributed by atoms with Crippen molar-refractivity contribution in [3.8, 4) is 0 Å². The summed E-state index contributed by atoms with van der Waals surface area (Å²) in [6, 6.07) is 0. The van der Waals surface area contributed by atoms with Gasteiger partial charge in [-0.25, -0.2) is 4.79 Å². The average Bonchev–Trinajstić information content (AvgIpc) is 3.25. The monoisotopic (exact) mass is 351 g/mol. The van der Waals surface area contributed by atoms with Gasteiger partial charge >= 0.3 is 6.09 Å². The summed E-state index contributed by atoms with van der Waals surface area (Å²) in [5, 5.41) is 0. The molecule has 25 heavy (non-hydrogen) atoms. The first-order chi connectivity index (χ1) is 11.8. The van der Waals surface area contributed by atoms with Gasteiger partial charge in [-0.15, -0.1) is 0 Å². The summed E-state index contributed by atoms with van der Waals surface area (Å²) in [5.74, 6) is 1.06. The molecule has 3 rings (SSSR count). The van der Waals surface area contributed by atoms with E-state index in [1.807, 2.05) is 25.7 Å². The van der Waals surface area contributed by atoms with Crippen molar-refractivity contribution in [2.45, 2.75) is 52.1 Å². The van der Waals surface area contributed by atoms with Crippen molar-refractivity contribution >= 4 is 12.0 Å². The van der Waals surface area contributed by atoms with E-state index in [9.17, 15) is 9.59 Å². The summed E-state index contributed by atoms with van der Waals surface area (Å²) in [5.41, 5.74) is -0.491. The predicted molar refractivity (Wildman–Crippen MR) is 96.3 cm³/mol. The standard InChI is InChI=1S/C19H33N3O3/c1-19(2,3)25-18(24)22-10-7-16(14-22)17(23)21-9-4-8-20(11-12-21)13-15-5-6-15/h15-16H,4-14H2,1-3H3/t16-/m0/s1. The Hall–Kier alpha value is -1.30. The second-order valence-electron chi connectivity index (χ2n) is 8.83. The van der Waals surface area contributed by atoms with Gasteiger partial charge in [-0.1, -0.05) is 0 Å². The second-order valence-corrected chi connectivity index (χ2v) is 8.83. The molecule has 1 saturated carbocycles. The van der Waals surface area contributed by atoms with Crippen molar-refractivity contribution < 1.29 is 14.3 Å². The van der Waals surface area contributed by atoms with E-state index in [4.69, 9.17) is 4.74 Å². The molecule has 3 aliphatic rings. The average molecular weight is 351 g/mol. The molecule has 2 aliphatic heterocycles. The summed E-state index contributed by atoms with van der Waals surface area (Å²) in [7, 11) is 0. The maximum absolute atomic E-state index is 12.9. The SMILES string of the molecule is CC(C)(C)OC(=O)N1CC[C@H](C(=O)N2CCCN(CC3CC3)CC2)C1. The van der Waals surface area contributed by atoms with Gasteiger partial charge in [0.25, 0.3) is 0 Å². The first-order valence-electron chi connectivity index (χ1n) is 9.81. The molecule has 2 saturated heterocycles. The normalized spacial score (nSPS) is 25.8. The summed E-state index contributed by atoms with van der Waals surface area (Å²) in [4.78, 5) is 31.3. The van der Waals surface area contributed by atoms with Crippen LogP contribution < -0.4 is 0 Å². The first kappa shape index (κ1) is 18.5. The number of rotatable bonds is 3. The van der Waals surface area contributed by atoms with E-state index in [0.717, 1.165) is 44.9 Å². The molecule has 0 spiro atoms. The van der Waals surface area contributed by atoms with E-state index >= 15 is 0 Å². The fraction of sp³-hybridized carbons (Fsp3) is 0.895. The lowest BCUT2D eigenvalue weighted by Crippen LogP contribution is -2.41. The van der Waals surface area contributed by atoms with Crippen LogP contribution in [-0.2, 0) is 9.53 Å². The number of ether oxygens (including phenoxy) is 1. The Morgan fingerprint density at radius 3 is 2.40 bits per heavy atom. The largest absolute Gasteiger partial charge is 0.444 e. The van der Waals surface area contributed by atoms with Crippen molar-refractivity contribution in [2.24, 2.45) is 11.8 Å². The van der Waals surface area contributed by atoms with E-state index in [0.29, 0.717) is 13.1 Å². The van der Waals surface area contributed by atoms with Gasteiger partial charge in [0.1, 0.15) is 5.60 Å². The highest BCUT2D eigenvalue weighted by Crippen LogP contribution is 2.30. The number of carbonyl (C=O) groups excluding carboxylic acids is 2. The third-order valence-electron chi connectivity index (χ3n) is 5.30. The van der Waals surface area contributed by atoms with Crippen LogP contribution in [0, 0.1) is 11.8 Å². The van der Waals surface area contributed by atoms with Gasteiger partial charge in [-0.05, 0) is 58.9 Å². The highest BCUT2D eigenvalue weighted by atomic mass is 16.6. The van der Waals surface area contributed by atoms with E-state index in [2.05, 4.69) is 4.90 Å². The van der Waals surface area contributed by atoms with Crippen LogP contribution in [0.1, 0.15) is 46.5 Å². The zero-order chi connectivity index (χ0) is 18.0. The molecular weight excluding hydrogens is 318 g/mol. The fourth-order valence-electron chi connectivity index (χ4n) is 3.75. The Bertz CT molecular complexity index is 499.